The van der Waals surface area contributed by atoms with Gasteiger partial charge in [0.2, 0.25) is 0 Å². The lowest BCUT2D eigenvalue weighted by atomic mass is 10.0. The second kappa shape index (κ2) is 5.48. The highest BCUT2D eigenvalue weighted by Crippen LogP contribution is 2.28. The predicted molar refractivity (Wildman–Crippen MR) is 97.6 cm³/mol. The maximum Gasteiger partial charge on any atom is 0.0949 e. The van der Waals surface area contributed by atoms with Gasteiger partial charge in [-0.2, -0.15) is 10.2 Å². The third kappa shape index (κ3) is 2.30. The minimum Gasteiger partial charge on any atom is -0.240 e. The van der Waals surface area contributed by atoms with Crippen LogP contribution in [0.3, 0.4) is 0 Å². The van der Waals surface area contributed by atoms with Crippen molar-refractivity contribution in [3.8, 4) is 11.3 Å². The molecule has 0 bridgehead atoms. The Balaban J connectivity index is 1.94. The summed E-state index contributed by atoms with van der Waals surface area (Å²) in [4.78, 5) is 0. The highest BCUT2D eigenvalue weighted by molar-refractivity contribution is 5.70. The largest absolute Gasteiger partial charge is 0.240 e. The van der Waals surface area contributed by atoms with E-state index < -0.39 is 0 Å². The Kier molecular flexibility index (Phi) is 3.41. The van der Waals surface area contributed by atoms with Gasteiger partial charge in [-0.15, -0.1) is 0 Å². The third-order valence-electron chi connectivity index (χ3n) is 4.56. The number of rotatable bonds is 3. The minimum absolute atomic E-state index is 0.432. The highest BCUT2D eigenvalue weighted by Gasteiger charge is 2.13. The Labute approximate surface area is 141 Å². The van der Waals surface area contributed by atoms with Crippen molar-refractivity contribution in [3.05, 3.63) is 60.0 Å². The molecule has 4 aromatic heterocycles. The van der Waals surface area contributed by atoms with E-state index in [4.69, 9.17) is 5.10 Å². The van der Waals surface area contributed by atoms with Gasteiger partial charge in [-0.1, -0.05) is 33.8 Å². The van der Waals surface area contributed by atoms with Crippen LogP contribution in [0, 0.1) is 0 Å². The van der Waals surface area contributed by atoms with Crippen LogP contribution in [0.4, 0.5) is 0 Å². The van der Waals surface area contributed by atoms with E-state index in [1.54, 1.807) is 0 Å². The van der Waals surface area contributed by atoms with Crippen molar-refractivity contribution >= 4 is 11.0 Å². The maximum atomic E-state index is 4.87. The molecule has 4 aromatic rings. The van der Waals surface area contributed by atoms with Gasteiger partial charge in [-0.05, 0) is 47.7 Å². The topological polar surface area (TPSA) is 34.6 Å². The van der Waals surface area contributed by atoms with Crippen molar-refractivity contribution in [2.45, 2.75) is 39.5 Å². The summed E-state index contributed by atoms with van der Waals surface area (Å²) in [6.07, 6.45) is 3.92. The summed E-state index contributed by atoms with van der Waals surface area (Å²) in [5.41, 5.74) is 6.91. The van der Waals surface area contributed by atoms with Gasteiger partial charge in [0.15, 0.2) is 0 Å². The van der Waals surface area contributed by atoms with Crippen LogP contribution < -0.4 is 0 Å². The molecule has 0 aliphatic carbocycles. The summed E-state index contributed by atoms with van der Waals surface area (Å²) in [7, 11) is 0. The molecule has 0 spiro atoms. The van der Waals surface area contributed by atoms with Crippen LogP contribution in [-0.2, 0) is 0 Å². The third-order valence-corrected chi connectivity index (χ3v) is 4.56. The second-order valence-corrected chi connectivity index (χ2v) is 6.97. The van der Waals surface area contributed by atoms with Crippen LogP contribution in [-0.4, -0.2) is 19.2 Å². The molecule has 0 aromatic carbocycles. The van der Waals surface area contributed by atoms with Crippen molar-refractivity contribution in [2.24, 2.45) is 0 Å². The van der Waals surface area contributed by atoms with E-state index in [9.17, 15) is 0 Å². The summed E-state index contributed by atoms with van der Waals surface area (Å²) in [5.74, 6) is 0.869. The van der Waals surface area contributed by atoms with Crippen LogP contribution in [0.1, 0.15) is 50.8 Å². The smallest absolute Gasteiger partial charge is 0.0949 e. The van der Waals surface area contributed by atoms with Gasteiger partial charge in [0.1, 0.15) is 0 Å². The van der Waals surface area contributed by atoms with E-state index in [0.29, 0.717) is 11.8 Å². The Hall–Kier alpha value is -2.62. The standard InChI is InChI=1S/C20H22N4/c1-13(2)17-10-15(12-23-20(17)8-9-21-23)18-11-16-6-5-7-19(14(3)4)24(16)22-18/h5-14H,1-4H3. The number of hydrogen-bond donors (Lipinski definition) is 0. The second-order valence-electron chi connectivity index (χ2n) is 6.97. The molecule has 0 saturated heterocycles. The molecule has 24 heavy (non-hydrogen) atoms. The molecule has 0 radical (unpaired) electrons. The zero-order chi connectivity index (χ0) is 16.8. The van der Waals surface area contributed by atoms with Crippen LogP contribution in [0.2, 0.25) is 0 Å². The van der Waals surface area contributed by atoms with Crippen molar-refractivity contribution < 1.29 is 0 Å². The van der Waals surface area contributed by atoms with Crippen LogP contribution in [0.5, 0.6) is 0 Å². The average Bonchev–Trinajstić information content (AvgIpc) is 3.19. The summed E-state index contributed by atoms with van der Waals surface area (Å²) in [5, 5.41) is 9.30. The number of nitrogens with zero attached hydrogens (tertiary/aromatic N) is 4. The lowest BCUT2D eigenvalue weighted by Gasteiger charge is -2.10. The quantitative estimate of drug-likeness (QED) is 0.538. The Morgan fingerprint density at radius 1 is 0.958 bits per heavy atom. The van der Waals surface area contributed by atoms with Crippen molar-refractivity contribution in [2.75, 3.05) is 0 Å². The molecule has 0 amide bonds. The van der Waals surface area contributed by atoms with E-state index in [0.717, 1.165) is 16.8 Å². The fraction of sp³-hybridized carbons (Fsp3) is 0.300. The fourth-order valence-electron chi connectivity index (χ4n) is 3.27. The predicted octanol–water partition coefficient (Wildman–Crippen LogP) is 4.90. The molecule has 4 heteroatoms. The number of pyridine rings is 2. The van der Waals surface area contributed by atoms with Gasteiger partial charge in [0.05, 0.1) is 16.7 Å². The zero-order valence-corrected chi connectivity index (χ0v) is 14.6. The molecular formula is C20H22N4. The molecule has 0 fully saturated rings. The monoisotopic (exact) mass is 318 g/mol. The van der Waals surface area contributed by atoms with Crippen LogP contribution in [0.15, 0.2) is 48.8 Å². The van der Waals surface area contributed by atoms with Gasteiger partial charge < -0.3 is 0 Å². The molecule has 4 rings (SSSR count). The molecule has 122 valence electrons. The molecule has 0 aliphatic heterocycles. The SMILES string of the molecule is CC(C)c1cc(-c2cc3cccc(C(C)C)n3n2)cn2nccc12. The van der Waals surface area contributed by atoms with Gasteiger partial charge in [-0.25, -0.2) is 9.03 Å². The maximum absolute atomic E-state index is 4.87. The van der Waals surface area contributed by atoms with Gasteiger partial charge >= 0.3 is 0 Å². The minimum atomic E-state index is 0.432. The van der Waals surface area contributed by atoms with Crippen molar-refractivity contribution in [1.29, 1.82) is 0 Å². The lowest BCUT2D eigenvalue weighted by Crippen LogP contribution is -2.00. The first-order valence-corrected chi connectivity index (χ1v) is 8.51. The lowest BCUT2D eigenvalue weighted by molar-refractivity contribution is 0.758. The average molecular weight is 318 g/mol. The summed E-state index contributed by atoms with van der Waals surface area (Å²) >= 11 is 0. The molecule has 0 aliphatic rings. The molecular weight excluding hydrogens is 296 g/mol. The van der Waals surface area contributed by atoms with E-state index in [1.807, 2.05) is 10.7 Å². The highest BCUT2D eigenvalue weighted by atomic mass is 15.2. The molecule has 4 heterocycles. The van der Waals surface area contributed by atoms with Crippen molar-refractivity contribution in [1.82, 2.24) is 19.2 Å². The normalized spacial score (nSPS) is 12.1. The molecule has 0 saturated carbocycles. The van der Waals surface area contributed by atoms with E-state index in [-0.39, 0.29) is 0 Å². The van der Waals surface area contributed by atoms with Crippen LogP contribution in [0.25, 0.3) is 22.3 Å². The molecule has 0 unspecified atom stereocenters. The fourth-order valence-corrected chi connectivity index (χ4v) is 3.27. The number of fused-ring (bicyclic) bond motifs is 2. The van der Waals surface area contributed by atoms with Crippen LogP contribution >= 0.6 is 0 Å². The summed E-state index contributed by atoms with van der Waals surface area (Å²) < 4.78 is 4.01. The first kappa shape index (κ1) is 14.9. The molecule has 4 nitrogen and oxygen atoms in total. The van der Waals surface area contributed by atoms with E-state index in [1.165, 1.54) is 16.8 Å². The Morgan fingerprint density at radius 3 is 2.54 bits per heavy atom. The number of hydrogen-bond acceptors (Lipinski definition) is 2. The Bertz CT molecular complexity index is 1020. The Morgan fingerprint density at radius 2 is 1.79 bits per heavy atom. The summed E-state index contributed by atoms with van der Waals surface area (Å²) in [6.45, 7) is 8.82. The molecule has 0 atom stereocenters. The first-order valence-electron chi connectivity index (χ1n) is 8.51. The summed E-state index contributed by atoms with van der Waals surface area (Å²) in [6, 6.07) is 12.8. The van der Waals surface area contributed by atoms with Gasteiger partial charge in [-0.3, -0.25) is 0 Å². The van der Waals surface area contributed by atoms with E-state index >= 15 is 0 Å². The first-order chi connectivity index (χ1) is 11.5. The van der Waals surface area contributed by atoms with E-state index in [2.05, 4.69) is 79.9 Å². The van der Waals surface area contributed by atoms with Crippen molar-refractivity contribution in [3.63, 3.8) is 0 Å². The van der Waals surface area contributed by atoms with Gasteiger partial charge in [0.25, 0.3) is 0 Å². The van der Waals surface area contributed by atoms with Gasteiger partial charge in [0, 0.05) is 23.7 Å². The zero-order valence-electron chi connectivity index (χ0n) is 14.6. The molecule has 0 N–H and O–H groups in total. The number of aromatic nitrogens is 4.